The van der Waals surface area contributed by atoms with Crippen LogP contribution in [-0.4, -0.2) is 15.6 Å². The first kappa shape index (κ1) is 22.5. The highest BCUT2D eigenvalue weighted by Crippen LogP contribution is 2.21. The van der Waals surface area contributed by atoms with E-state index >= 15 is 0 Å². The average molecular weight is 386 g/mol. The number of aryl methyl sites for hydroxylation is 1. The van der Waals surface area contributed by atoms with E-state index in [1.165, 1.54) is 83.5 Å². The standard InChI is InChI=1S/C25H39NO2/c1-2-3-4-5-6-7-8-9-10-11-12-13-14-17-20-26-23-19-16-15-18-22(23)21-24(26)25(27)28/h15-16,18-19,21H,2-14,17,20H2,1H3,(H,27,28). The summed E-state index contributed by atoms with van der Waals surface area (Å²) in [6.07, 6.45) is 18.8. The average Bonchev–Trinajstić information content (AvgIpc) is 3.07. The Morgan fingerprint density at radius 2 is 1.29 bits per heavy atom. The van der Waals surface area contributed by atoms with Crippen molar-refractivity contribution in [2.24, 2.45) is 0 Å². The van der Waals surface area contributed by atoms with Crippen molar-refractivity contribution in [2.45, 2.75) is 103 Å². The molecular weight excluding hydrogens is 346 g/mol. The molecule has 0 aliphatic rings. The van der Waals surface area contributed by atoms with Crippen molar-refractivity contribution in [3.8, 4) is 0 Å². The molecule has 1 aromatic carbocycles. The van der Waals surface area contributed by atoms with Gasteiger partial charge in [0.2, 0.25) is 0 Å². The summed E-state index contributed by atoms with van der Waals surface area (Å²) in [6.45, 7) is 3.07. The predicted molar refractivity (Wildman–Crippen MR) is 119 cm³/mol. The van der Waals surface area contributed by atoms with Crippen molar-refractivity contribution in [2.75, 3.05) is 0 Å². The highest BCUT2D eigenvalue weighted by molar-refractivity contribution is 5.94. The highest BCUT2D eigenvalue weighted by Gasteiger charge is 2.13. The second-order valence-corrected chi connectivity index (χ2v) is 8.14. The molecule has 0 spiro atoms. The van der Waals surface area contributed by atoms with E-state index in [0.717, 1.165) is 23.9 Å². The smallest absolute Gasteiger partial charge is 0.352 e. The van der Waals surface area contributed by atoms with E-state index < -0.39 is 5.97 Å². The van der Waals surface area contributed by atoms with E-state index in [1.54, 1.807) is 6.07 Å². The van der Waals surface area contributed by atoms with Crippen LogP contribution < -0.4 is 0 Å². The monoisotopic (exact) mass is 385 g/mol. The number of carboxylic acids is 1. The molecule has 1 aromatic heterocycles. The van der Waals surface area contributed by atoms with Crippen LogP contribution >= 0.6 is 0 Å². The molecule has 3 nitrogen and oxygen atoms in total. The van der Waals surface area contributed by atoms with Crippen molar-refractivity contribution >= 4 is 16.9 Å². The summed E-state index contributed by atoms with van der Waals surface area (Å²) in [5.74, 6) is -0.832. The molecule has 1 N–H and O–H groups in total. The number of hydrogen-bond donors (Lipinski definition) is 1. The maximum Gasteiger partial charge on any atom is 0.352 e. The zero-order valence-electron chi connectivity index (χ0n) is 17.8. The van der Waals surface area contributed by atoms with Gasteiger partial charge in [-0.2, -0.15) is 0 Å². The van der Waals surface area contributed by atoms with Crippen molar-refractivity contribution in [3.63, 3.8) is 0 Å². The van der Waals surface area contributed by atoms with Gasteiger partial charge in [-0.25, -0.2) is 4.79 Å². The number of fused-ring (bicyclic) bond motifs is 1. The van der Waals surface area contributed by atoms with Gasteiger partial charge >= 0.3 is 5.97 Å². The van der Waals surface area contributed by atoms with E-state index in [2.05, 4.69) is 6.92 Å². The number of aromatic nitrogens is 1. The normalized spacial score (nSPS) is 11.3. The number of benzene rings is 1. The first-order chi connectivity index (χ1) is 13.7. The second-order valence-electron chi connectivity index (χ2n) is 8.14. The molecule has 28 heavy (non-hydrogen) atoms. The minimum atomic E-state index is -0.832. The largest absolute Gasteiger partial charge is 0.477 e. The van der Waals surface area contributed by atoms with Gasteiger partial charge < -0.3 is 9.67 Å². The molecule has 2 aromatic rings. The van der Waals surface area contributed by atoms with Gasteiger partial charge in [-0.05, 0) is 18.6 Å². The van der Waals surface area contributed by atoms with Gasteiger partial charge in [-0.15, -0.1) is 0 Å². The molecule has 0 fully saturated rings. The van der Waals surface area contributed by atoms with Crippen LogP contribution in [0.5, 0.6) is 0 Å². The van der Waals surface area contributed by atoms with Crippen LogP contribution in [0.25, 0.3) is 10.9 Å². The molecule has 0 saturated heterocycles. The lowest BCUT2D eigenvalue weighted by atomic mass is 10.0. The van der Waals surface area contributed by atoms with Gasteiger partial charge in [-0.1, -0.05) is 109 Å². The summed E-state index contributed by atoms with van der Waals surface area (Å²) in [5.41, 5.74) is 1.45. The Hall–Kier alpha value is -1.77. The zero-order valence-corrected chi connectivity index (χ0v) is 17.8. The zero-order chi connectivity index (χ0) is 20.0. The molecule has 2 rings (SSSR count). The number of para-hydroxylation sites is 1. The molecule has 156 valence electrons. The molecule has 0 atom stereocenters. The lowest BCUT2D eigenvalue weighted by Crippen LogP contribution is -2.08. The Labute approximate surface area is 171 Å². The quantitative estimate of drug-likeness (QED) is 0.299. The Balaban J connectivity index is 1.53. The van der Waals surface area contributed by atoms with Crippen molar-refractivity contribution < 1.29 is 9.90 Å². The molecule has 0 bridgehead atoms. The molecule has 0 amide bonds. The van der Waals surface area contributed by atoms with Crippen LogP contribution in [0.4, 0.5) is 0 Å². The first-order valence-electron chi connectivity index (χ1n) is 11.6. The van der Waals surface area contributed by atoms with Crippen LogP contribution in [0, 0.1) is 0 Å². The summed E-state index contributed by atoms with van der Waals surface area (Å²) in [4.78, 5) is 11.5. The lowest BCUT2D eigenvalue weighted by Gasteiger charge is -2.08. The molecule has 0 saturated carbocycles. The Bertz CT molecular complexity index is 689. The van der Waals surface area contributed by atoms with Crippen LogP contribution in [0.2, 0.25) is 0 Å². The molecule has 1 heterocycles. The fraction of sp³-hybridized carbons (Fsp3) is 0.640. The number of carboxylic acid groups (broad SMARTS) is 1. The van der Waals surface area contributed by atoms with Crippen LogP contribution in [0.15, 0.2) is 30.3 Å². The van der Waals surface area contributed by atoms with Crippen LogP contribution in [0.1, 0.15) is 107 Å². The summed E-state index contributed by atoms with van der Waals surface area (Å²) in [6, 6.07) is 9.75. The summed E-state index contributed by atoms with van der Waals surface area (Å²) < 4.78 is 1.97. The second kappa shape index (κ2) is 13.4. The molecular formula is C25H39NO2. The highest BCUT2D eigenvalue weighted by atomic mass is 16.4. The van der Waals surface area contributed by atoms with Gasteiger partial charge in [0, 0.05) is 17.4 Å². The Morgan fingerprint density at radius 1 is 0.786 bits per heavy atom. The Kier molecular flexibility index (Phi) is 10.8. The lowest BCUT2D eigenvalue weighted by molar-refractivity contribution is 0.0685. The van der Waals surface area contributed by atoms with Crippen molar-refractivity contribution in [3.05, 3.63) is 36.0 Å². The third-order valence-corrected chi connectivity index (χ3v) is 5.76. The Morgan fingerprint density at radius 3 is 1.82 bits per heavy atom. The summed E-state index contributed by atoms with van der Waals surface area (Å²) >= 11 is 0. The van der Waals surface area contributed by atoms with E-state index in [4.69, 9.17) is 0 Å². The van der Waals surface area contributed by atoms with E-state index in [0.29, 0.717) is 5.69 Å². The number of hydrogen-bond acceptors (Lipinski definition) is 1. The van der Waals surface area contributed by atoms with Crippen LogP contribution in [-0.2, 0) is 6.54 Å². The molecule has 3 heteroatoms. The minimum Gasteiger partial charge on any atom is -0.477 e. The van der Waals surface area contributed by atoms with Gasteiger partial charge in [0.15, 0.2) is 0 Å². The number of rotatable bonds is 16. The van der Waals surface area contributed by atoms with Gasteiger partial charge in [0.25, 0.3) is 0 Å². The minimum absolute atomic E-state index is 0.413. The van der Waals surface area contributed by atoms with Gasteiger partial charge in [-0.3, -0.25) is 0 Å². The van der Waals surface area contributed by atoms with E-state index in [-0.39, 0.29) is 0 Å². The summed E-state index contributed by atoms with van der Waals surface area (Å²) in [7, 11) is 0. The third-order valence-electron chi connectivity index (χ3n) is 5.76. The topological polar surface area (TPSA) is 42.2 Å². The fourth-order valence-corrected chi connectivity index (χ4v) is 4.09. The predicted octanol–water partition coefficient (Wildman–Crippen LogP) is 7.82. The molecule has 0 aliphatic carbocycles. The van der Waals surface area contributed by atoms with Gasteiger partial charge in [0.05, 0.1) is 0 Å². The van der Waals surface area contributed by atoms with E-state index in [1.807, 2.05) is 28.8 Å². The number of carbonyl (C=O) groups is 1. The molecule has 0 aliphatic heterocycles. The SMILES string of the molecule is CCCCCCCCCCCCCCCCn1c(C(=O)O)cc2ccccc21. The number of unbranched alkanes of at least 4 members (excludes halogenated alkanes) is 13. The van der Waals surface area contributed by atoms with Crippen molar-refractivity contribution in [1.82, 2.24) is 4.57 Å². The number of nitrogens with zero attached hydrogens (tertiary/aromatic N) is 1. The van der Waals surface area contributed by atoms with Gasteiger partial charge in [0.1, 0.15) is 5.69 Å². The maximum atomic E-state index is 11.5. The number of aromatic carboxylic acids is 1. The van der Waals surface area contributed by atoms with Crippen molar-refractivity contribution in [1.29, 1.82) is 0 Å². The van der Waals surface area contributed by atoms with Crippen LogP contribution in [0.3, 0.4) is 0 Å². The summed E-state index contributed by atoms with van der Waals surface area (Å²) in [5, 5.41) is 10.5. The van der Waals surface area contributed by atoms with E-state index in [9.17, 15) is 9.90 Å². The fourth-order valence-electron chi connectivity index (χ4n) is 4.09. The molecule has 0 radical (unpaired) electrons. The third kappa shape index (κ3) is 7.69. The molecule has 0 unspecified atom stereocenters. The maximum absolute atomic E-state index is 11.5. The first-order valence-corrected chi connectivity index (χ1v) is 11.6.